The molecule has 1 aliphatic heterocycles. The number of anilines is 1. The van der Waals surface area contributed by atoms with E-state index < -0.39 is 0 Å². The first-order valence-corrected chi connectivity index (χ1v) is 11.4. The molecule has 1 N–H and O–H groups in total. The van der Waals surface area contributed by atoms with E-state index in [9.17, 15) is 14.4 Å². The van der Waals surface area contributed by atoms with Gasteiger partial charge in [-0.1, -0.05) is 30.2 Å². The number of thiophene rings is 1. The van der Waals surface area contributed by atoms with E-state index in [1.807, 2.05) is 17.9 Å². The van der Waals surface area contributed by atoms with Crippen LogP contribution in [-0.2, 0) is 4.79 Å². The van der Waals surface area contributed by atoms with Crippen molar-refractivity contribution in [1.82, 2.24) is 9.80 Å². The van der Waals surface area contributed by atoms with Crippen LogP contribution in [0, 0.1) is 12.8 Å². The van der Waals surface area contributed by atoms with Gasteiger partial charge in [0.1, 0.15) is 0 Å². The number of hydrogen-bond donors (Lipinski definition) is 1. The van der Waals surface area contributed by atoms with E-state index in [2.05, 4.69) is 5.32 Å². The van der Waals surface area contributed by atoms with Gasteiger partial charge in [0.15, 0.2) is 0 Å². The molecule has 1 aromatic heterocycles. The Balaban J connectivity index is 1.38. The highest BCUT2D eigenvalue weighted by Gasteiger charge is 2.32. The number of nitrogens with one attached hydrogen (secondary N) is 1. The molecule has 0 bridgehead atoms. The molecule has 2 heterocycles. The van der Waals surface area contributed by atoms with Crippen molar-refractivity contribution in [1.29, 1.82) is 0 Å². The summed E-state index contributed by atoms with van der Waals surface area (Å²) < 4.78 is 0. The van der Waals surface area contributed by atoms with Crippen molar-refractivity contribution in [3.63, 3.8) is 0 Å². The van der Waals surface area contributed by atoms with Crippen molar-refractivity contribution in [3.05, 3.63) is 51.4 Å². The van der Waals surface area contributed by atoms with Crippen LogP contribution in [0.15, 0.2) is 30.3 Å². The number of piperazine rings is 1. The lowest BCUT2D eigenvalue weighted by Gasteiger charge is -2.38. The first kappa shape index (κ1) is 20.9. The lowest BCUT2D eigenvalue weighted by atomic mass is 9.84. The van der Waals surface area contributed by atoms with Gasteiger partial charge in [0, 0.05) is 32.1 Å². The van der Waals surface area contributed by atoms with Crippen molar-refractivity contribution in [3.8, 4) is 0 Å². The lowest BCUT2D eigenvalue weighted by Crippen LogP contribution is -2.52. The summed E-state index contributed by atoms with van der Waals surface area (Å²) in [5, 5.41) is 3.83. The van der Waals surface area contributed by atoms with Crippen LogP contribution in [0.2, 0.25) is 5.02 Å². The highest BCUT2D eigenvalue weighted by molar-refractivity contribution is 7.18. The molecule has 158 valence electrons. The average Bonchev–Trinajstić information content (AvgIpc) is 3.06. The molecule has 1 saturated carbocycles. The Bertz CT molecular complexity index is 978. The molecule has 2 fully saturated rings. The molecule has 3 amide bonds. The maximum absolute atomic E-state index is 13.0. The Hall–Kier alpha value is -2.38. The predicted octanol–water partition coefficient (Wildman–Crippen LogP) is 4.05. The smallest absolute Gasteiger partial charge is 0.264 e. The highest BCUT2D eigenvalue weighted by Crippen LogP contribution is 2.31. The van der Waals surface area contributed by atoms with E-state index in [0.29, 0.717) is 46.6 Å². The van der Waals surface area contributed by atoms with E-state index in [1.165, 1.54) is 11.3 Å². The van der Waals surface area contributed by atoms with Gasteiger partial charge in [-0.25, -0.2) is 0 Å². The predicted molar refractivity (Wildman–Crippen MR) is 118 cm³/mol. The molecule has 30 heavy (non-hydrogen) atoms. The van der Waals surface area contributed by atoms with Crippen molar-refractivity contribution < 1.29 is 14.4 Å². The molecule has 1 aromatic carbocycles. The van der Waals surface area contributed by atoms with Crippen LogP contribution in [0.3, 0.4) is 0 Å². The van der Waals surface area contributed by atoms with Gasteiger partial charge in [-0.15, -0.1) is 11.3 Å². The fourth-order valence-electron chi connectivity index (χ4n) is 3.77. The third-order valence-electron chi connectivity index (χ3n) is 5.80. The number of amides is 3. The van der Waals surface area contributed by atoms with Crippen LogP contribution in [-0.4, -0.2) is 53.7 Å². The zero-order valence-electron chi connectivity index (χ0n) is 16.8. The number of hydrogen-bond acceptors (Lipinski definition) is 4. The molecule has 8 heteroatoms. The minimum absolute atomic E-state index is 0.0496. The van der Waals surface area contributed by atoms with Crippen molar-refractivity contribution >= 4 is 45.7 Å². The van der Waals surface area contributed by atoms with Crippen molar-refractivity contribution in [2.24, 2.45) is 5.92 Å². The summed E-state index contributed by atoms with van der Waals surface area (Å²) in [6, 6.07) is 8.66. The van der Waals surface area contributed by atoms with E-state index in [0.717, 1.165) is 24.8 Å². The molecule has 0 unspecified atom stereocenters. The summed E-state index contributed by atoms with van der Waals surface area (Å²) in [6.45, 7) is 4.11. The molecular weight excluding hydrogens is 422 g/mol. The Labute approximate surface area is 184 Å². The maximum atomic E-state index is 13.0. The number of halogens is 1. The SMILES string of the molecule is Cc1cc(NC(=O)c2ccccc2Cl)sc1C(=O)N1CCN(C(=O)C2CCC2)CC1. The molecule has 6 nitrogen and oxygen atoms in total. The molecule has 1 saturated heterocycles. The van der Waals surface area contributed by atoms with Gasteiger partial charge < -0.3 is 15.1 Å². The second-order valence-corrected chi connectivity index (χ2v) is 9.26. The van der Waals surface area contributed by atoms with Crippen LogP contribution < -0.4 is 5.32 Å². The molecular formula is C22H24ClN3O3S. The van der Waals surface area contributed by atoms with Crippen LogP contribution in [0.4, 0.5) is 5.00 Å². The van der Waals surface area contributed by atoms with Crippen LogP contribution in [0.1, 0.15) is 44.9 Å². The second kappa shape index (κ2) is 8.78. The number of benzene rings is 1. The number of carbonyl (C=O) groups is 3. The summed E-state index contributed by atoms with van der Waals surface area (Å²) in [5.41, 5.74) is 1.22. The first-order valence-electron chi connectivity index (χ1n) is 10.2. The van der Waals surface area contributed by atoms with Gasteiger partial charge in [-0.2, -0.15) is 0 Å². The molecule has 0 spiro atoms. The topological polar surface area (TPSA) is 69.7 Å². The average molecular weight is 446 g/mol. The Morgan fingerprint density at radius 1 is 1.07 bits per heavy atom. The van der Waals surface area contributed by atoms with Crippen molar-refractivity contribution in [2.45, 2.75) is 26.2 Å². The van der Waals surface area contributed by atoms with Crippen LogP contribution in [0.25, 0.3) is 0 Å². The molecule has 0 atom stereocenters. The standard InChI is InChI=1S/C22H24ClN3O3S/c1-14-13-18(24-20(27)16-7-2-3-8-17(16)23)30-19(14)22(29)26-11-9-25(10-12-26)21(28)15-5-4-6-15/h2-3,7-8,13,15H,4-6,9-12H2,1H3,(H,24,27). The summed E-state index contributed by atoms with van der Waals surface area (Å²) in [6.07, 6.45) is 3.13. The third kappa shape index (κ3) is 4.23. The van der Waals surface area contributed by atoms with Gasteiger partial charge in [0.25, 0.3) is 11.8 Å². The minimum Gasteiger partial charge on any atom is -0.339 e. The fraction of sp³-hybridized carbons (Fsp3) is 0.409. The van der Waals surface area contributed by atoms with E-state index in [-0.39, 0.29) is 23.6 Å². The molecule has 0 radical (unpaired) electrons. The summed E-state index contributed by atoms with van der Waals surface area (Å²) in [4.78, 5) is 42.2. The number of nitrogens with zero attached hydrogens (tertiary/aromatic N) is 2. The van der Waals surface area contributed by atoms with Gasteiger partial charge >= 0.3 is 0 Å². The highest BCUT2D eigenvalue weighted by atomic mass is 35.5. The van der Waals surface area contributed by atoms with Crippen LogP contribution >= 0.6 is 22.9 Å². The Morgan fingerprint density at radius 2 is 1.73 bits per heavy atom. The monoisotopic (exact) mass is 445 g/mol. The third-order valence-corrected chi connectivity index (χ3v) is 7.27. The number of rotatable bonds is 4. The lowest BCUT2D eigenvalue weighted by molar-refractivity contribution is -0.139. The maximum Gasteiger partial charge on any atom is 0.264 e. The quantitative estimate of drug-likeness (QED) is 0.771. The molecule has 2 aromatic rings. The van der Waals surface area contributed by atoms with Crippen LogP contribution in [0.5, 0.6) is 0 Å². The van der Waals surface area contributed by atoms with Gasteiger partial charge in [-0.05, 0) is 43.5 Å². The van der Waals surface area contributed by atoms with Gasteiger partial charge in [0.2, 0.25) is 5.91 Å². The summed E-state index contributed by atoms with van der Waals surface area (Å²) in [5.74, 6) is 0.0803. The van der Waals surface area contributed by atoms with E-state index >= 15 is 0 Å². The largest absolute Gasteiger partial charge is 0.339 e. The first-order chi connectivity index (χ1) is 14.4. The van der Waals surface area contributed by atoms with E-state index in [1.54, 1.807) is 29.2 Å². The molecule has 2 aliphatic rings. The van der Waals surface area contributed by atoms with E-state index in [4.69, 9.17) is 11.6 Å². The summed E-state index contributed by atoms with van der Waals surface area (Å²) in [7, 11) is 0. The minimum atomic E-state index is -0.302. The molecule has 1 aliphatic carbocycles. The number of carbonyl (C=O) groups excluding carboxylic acids is 3. The normalized spacial score (nSPS) is 16.9. The molecule has 4 rings (SSSR count). The number of aryl methyl sites for hydroxylation is 1. The summed E-state index contributed by atoms with van der Waals surface area (Å²) >= 11 is 7.36. The zero-order chi connectivity index (χ0) is 21.3. The second-order valence-electron chi connectivity index (χ2n) is 7.80. The zero-order valence-corrected chi connectivity index (χ0v) is 18.4. The van der Waals surface area contributed by atoms with Crippen molar-refractivity contribution in [2.75, 3.05) is 31.5 Å². The van der Waals surface area contributed by atoms with Gasteiger partial charge in [-0.3, -0.25) is 14.4 Å². The Kier molecular flexibility index (Phi) is 6.11. The fourth-order valence-corrected chi connectivity index (χ4v) is 5.02. The Morgan fingerprint density at radius 3 is 2.37 bits per heavy atom. The van der Waals surface area contributed by atoms with Gasteiger partial charge in [0.05, 0.1) is 20.5 Å².